The van der Waals surface area contributed by atoms with Crippen molar-refractivity contribution in [3.8, 4) is 0 Å². The van der Waals surface area contributed by atoms with Crippen LogP contribution in [0.25, 0.3) is 0 Å². The van der Waals surface area contributed by atoms with Crippen molar-refractivity contribution in [2.75, 3.05) is 13.2 Å². The van der Waals surface area contributed by atoms with E-state index >= 15 is 0 Å². The average molecular weight is 320 g/mol. The first-order valence-electron chi connectivity index (χ1n) is 8.39. The van der Waals surface area contributed by atoms with Gasteiger partial charge in [0.2, 0.25) is 0 Å². The molecule has 0 N–H and O–H groups in total. The molecule has 0 saturated carbocycles. The molecule has 4 heteroatoms. The van der Waals surface area contributed by atoms with Crippen LogP contribution in [-0.4, -0.2) is 25.2 Å². The molecule has 0 aliphatic heterocycles. The van der Waals surface area contributed by atoms with E-state index in [0.717, 1.165) is 30.4 Å². The molecular formula is C19H28O4. The molecule has 0 saturated heterocycles. The molecule has 0 heterocycles. The highest BCUT2D eigenvalue weighted by atomic mass is 16.5. The molecule has 1 rings (SSSR count). The van der Waals surface area contributed by atoms with Crippen LogP contribution >= 0.6 is 0 Å². The molecule has 128 valence electrons. The van der Waals surface area contributed by atoms with Crippen LogP contribution in [0.2, 0.25) is 0 Å². The van der Waals surface area contributed by atoms with Gasteiger partial charge in [-0.25, -0.2) is 9.59 Å². The summed E-state index contributed by atoms with van der Waals surface area (Å²) in [4.78, 5) is 24.6. The molecular weight excluding hydrogens is 292 g/mol. The number of hydrogen-bond donors (Lipinski definition) is 0. The Bertz CT molecular complexity index is 547. The highest BCUT2D eigenvalue weighted by Crippen LogP contribution is 2.24. The van der Waals surface area contributed by atoms with Crippen molar-refractivity contribution in [3.05, 3.63) is 34.4 Å². The second-order valence-electron chi connectivity index (χ2n) is 6.01. The summed E-state index contributed by atoms with van der Waals surface area (Å²) in [6.07, 6.45) is 2.80. The molecule has 0 aliphatic carbocycles. The SMILES string of the molecule is CCOC(=O)c1ccc(C)c(CCCC(C)C)c1C(=O)OCC. The van der Waals surface area contributed by atoms with E-state index in [-0.39, 0.29) is 13.2 Å². The Hall–Kier alpha value is -1.84. The number of carbonyl (C=O) groups excluding carboxylic acids is 2. The van der Waals surface area contributed by atoms with Crippen LogP contribution in [-0.2, 0) is 15.9 Å². The summed E-state index contributed by atoms with van der Waals surface area (Å²) in [7, 11) is 0. The van der Waals surface area contributed by atoms with Crippen LogP contribution in [0, 0.1) is 12.8 Å². The second kappa shape index (κ2) is 9.33. The number of rotatable bonds is 8. The van der Waals surface area contributed by atoms with Gasteiger partial charge in [-0.2, -0.15) is 0 Å². The lowest BCUT2D eigenvalue weighted by atomic mass is 9.91. The molecule has 0 aliphatic rings. The Balaban J connectivity index is 3.25. The zero-order chi connectivity index (χ0) is 17.4. The molecule has 0 atom stereocenters. The number of ether oxygens (including phenoxy) is 2. The van der Waals surface area contributed by atoms with Crippen LogP contribution in [0.5, 0.6) is 0 Å². The summed E-state index contributed by atoms with van der Waals surface area (Å²) >= 11 is 0. The van der Waals surface area contributed by atoms with Crippen molar-refractivity contribution in [1.82, 2.24) is 0 Å². The monoisotopic (exact) mass is 320 g/mol. The fourth-order valence-corrected chi connectivity index (χ4v) is 2.58. The number of benzene rings is 1. The number of hydrogen-bond acceptors (Lipinski definition) is 4. The Morgan fingerprint density at radius 3 is 2.22 bits per heavy atom. The molecule has 0 amide bonds. The molecule has 0 spiro atoms. The minimum absolute atomic E-state index is 0.275. The van der Waals surface area contributed by atoms with Crippen molar-refractivity contribution in [2.45, 2.75) is 53.9 Å². The lowest BCUT2D eigenvalue weighted by Crippen LogP contribution is -2.17. The summed E-state index contributed by atoms with van der Waals surface area (Å²) in [5.41, 5.74) is 2.57. The quantitative estimate of drug-likeness (QED) is 0.669. The minimum atomic E-state index is -0.472. The molecule has 0 unspecified atom stereocenters. The Morgan fingerprint density at radius 2 is 1.65 bits per heavy atom. The van der Waals surface area contributed by atoms with Gasteiger partial charge in [0.05, 0.1) is 24.3 Å². The van der Waals surface area contributed by atoms with E-state index in [1.54, 1.807) is 19.9 Å². The van der Waals surface area contributed by atoms with Crippen LogP contribution < -0.4 is 0 Å². The summed E-state index contributed by atoms with van der Waals surface area (Å²) < 4.78 is 10.3. The maximum atomic E-state index is 12.4. The number of carbonyl (C=O) groups is 2. The second-order valence-corrected chi connectivity index (χ2v) is 6.01. The van der Waals surface area contributed by atoms with E-state index in [2.05, 4.69) is 13.8 Å². The van der Waals surface area contributed by atoms with Gasteiger partial charge in [-0.15, -0.1) is 0 Å². The number of aryl methyl sites for hydroxylation is 1. The van der Waals surface area contributed by atoms with E-state index in [1.165, 1.54) is 0 Å². The zero-order valence-corrected chi connectivity index (χ0v) is 14.9. The van der Waals surface area contributed by atoms with Crippen molar-refractivity contribution >= 4 is 11.9 Å². The van der Waals surface area contributed by atoms with Gasteiger partial charge in [-0.1, -0.05) is 26.3 Å². The first-order valence-corrected chi connectivity index (χ1v) is 8.39. The smallest absolute Gasteiger partial charge is 0.339 e. The fourth-order valence-electron chi connectivity index (χ4n) is 2.58. The van der Waals surface area contributed by atoms with Gasteiger partial charge in [0.15, 0.2) is 0 Å². The standard InChI is InChI=1S/C19H28O4/c1-6-22-18(20)16-12-11-14(5)15(10-8-9-13(3)4)17(16)19(21)23-7-2/h11-13H,6-10H2,1-5H3. The van der Waals surface area contributed by atoms with Crippen molar-refractivity contribution < 1.29 is 19.1 Å². The van der Waals surface area contributed by atoms with E-state index in [9.17, 15) is 9.59 Å². The van der Waals surface area contributed by atoms with Gasteiger partial charge in [0.1, 0.15) is 0 Å². The van der Waals surface area contributed by atoms with Crippen LogP contribution in [0.3, 0.4) is 0 Å². The molecule has 0 radical (unpaired) electrons. The van der Waals surface area contributed by atoms with Crippen molar-refractivity contribution in [2.24, 2.45) is 5.92 Å². The van der Waals surface area contributed by atoms with E-state index in [0.29, 0.717) is 17.0 Å². The van der Waals surface area contributed by atoms with E-state index in [1.807, 2.05) is 13.0 Å². The van der Waals surface area contributed by atoms with Gasteiger partial charge in [-0.3, -0.25) is 0 Å². The summed E-state index contributed by atoms with van der Waals surface area (Å²) in [5.74, 6) is -0.311. The van der Waals surface area contributed by atoms with Crippen LogP contribution in [0.15, 0.2) is 12.1 Å². The summed E-state index contributed by atoms with van der Waals surface area (Å²) in [5, 5.41) is 0. The van der Waals surface area contributed by atoms with Crippen LogP contribution in [0.4, 0.5) is 0 Å². The molecule has 1 aromatic carbocycles. The van der Waals surface area contributed by atoms with Crippen molar-refractivity contribution in [3.63, 3.8) is 0 Å². The Labute approximate surface area is 139 Å². The molecule has 1 aromatic rings. The predicted molar refractivity (Wildman–Crippen MR) is 90.9 cm³/mol. The van der Waals surface area contributed by atoms with Crippen molar-refractivity contribution in [1.29, 1.82) is 0 Å². The van der Waals surface area contributed by atoms with Crippen LogP contribution in [0.1, 0.15) is 72.4 Å². The van der Waals surface area contributed by atoms with E-state index in [4.69, 9.17) is 9.47 Å². The highest BCUT2D eigenvalue weighted by Gasteiger charge is 2.24. The Morgan fingerprint density at radius 1 is 1.04 bits per heavy atom. The lowest BCUT2D eigenvalue weighted by molar-refractivity contribution is 0.0477. The van der Waals surface area contributed by atoms with E-state index < -0.39 is 11.9 Å². The predicted octanol–water partition coefficient (Wildman–Crippen LogP) is 4.33. The maximum absolute atomic E-state index is 12.4. The third kappa shape index (κ3) is 5.38. The summed E-state index contributed by atoms with van der Waals surface area (Å²) in [6, 6.07) is 3.53. The van der Waals surface area contributed by atoms with Gasteiger partial charge < -0.3 is 9.47 Å². The molecule has 0 bridgehead atoms. The third-order valence-corrected chi connectivity index (χ3v) is 3.73. The lowest BCUT2D eigenvalue weighted by Gasteiger charge is -2.16. The third-order valence-electron chi connectivity index (χ3n) is 3.73. The van der Waals surface area contributed by atoms with Gasteiger partial charge in [0, 0.05) is 0 Å². The molecule has 0 fully saturated rings. The first kappa shape index (κ1) is 19.2. The normalized spacial score (nSPS) is 10.7. The largest absolute Gasteiger partial charge is 0.462 e. The molecule has 4 nitrogen and oxygen atoms in total. The first-order chi connectivity index (χ1) is 10.9. The van der Waals surface area contributed by atoms with Gasteiger partial charge in [0.25, 0.3) is 0 Å². The average Bonchev–Trinajstić information content (AvgIpc) is 2.48. The maximum Gasteiger partial charge on any atom is 0.339 e. The highest BCUT2D eigenvalue weighted by molar-refractivity contribution is 6.04. The summed E-state index contributed by atoms with van der Waals surface area (Å²) in [6.45, 7) is 10.4. The number of esters is 2. The molecule has 23 heavy (non-hydrogen) atoms. The topological polar surface area (TPSA) is 52.6 Å². The Kier molecular flexibility index (Phi) is 7.79. The minimum Gasteiger partial charge on any atom is -0.462 e. The zero-order valence-electron chi connectivity index (χ0n) is 14.9. The van der Waals surface area contributed by atoms with Gasteiger partial charge >= 0.3 is 11.9 Å². The molecule has 0 aromatic heterocycles. The van der Waals surface area contributed by atoms with Gasteiger partial charge in [-0.05, 0) is 56.7 Å². The fraction of sp³-hybridized carbons (Fsp3) is 0.579.